The van der Waals surface area contributed by atoms with Crippen LogP contribution in [-0.4, -0.2) is 35.9 Å². The van der Waals surface area contributed by atoms with E-state index in [0.29, 0.717) is 18.1 Å². The fourth-order valence-electron chi connectivity index (χ4n) is 2.59. The van der Waals surface area contributed by atoms with Crippen molar-refractivity contribution < 1.29 is 13.2 Å². The molecule has 1 aromatic rings. The lowest BCUT2D eigenvalue weighted by Gasteiger charge is -2.13. The summed E-state index contributed by atoms with van der Waals surface area (Å²) in [7, 11) is 0. The number of guanidine groups is 1. The summed E-state index contributed by atoms with van der Waals surface area (Å²) in [5.41, 5.74) is 0.623. The molecule has 1 aliphatic heterocycles. The van der Waals surface area contributed by atoms with Gasteiger partial charge in [-0.25, -0.2) is 15.0 Å². The topological polar surface area (TPSA) is 61.7 Å². The number of alkyl halides is 3. The molecule has 1 atom stereocenters. The number of halogens is 3. The van der Waals surface area contributed by atoms with Crippen molar-refractivity contribution >= 4 is 29.1 Å². The highest BCUT2D eigenvalue weighted by molar-refractivity contribution is 7.12. The number of nitrogens with zero attached hydrogens (tertiary/aromatic N) is 3. The Balaban J connectivity index is 2.29. The largest absolute Gasteiger partial charge is 0.408 e. The molecule has 0 amide bonds. The Labute approximate surface area is 173 Å². The van der Waals surface area contributed by atoms with Crippen molar-refractivity contribution in [2.75, 3.05) is 13.1 Å². The van der Waals surface area contributed by atoms with Crippen molar-refractivity contribution in [3.63, 3.8) is 0 Å². The van der Waals surface area contributed by atoms with Crippen LogP contribution in [0, 0.1) is 0 Å². The predicted octanol–water partition coefficient (Wildman–Crippen LogP) is 5.03. The van der Waals surface area contributed by atoms with E-state index in [9.17, 15) is 13.2 Å². The maximum Gasteiger partial charge on any atom is 0.408 e. The number of thiazole rings is 1. The van der Waals surface area contributed by atoms with Crippen LogP contribution in [0.3, 0.4) is 0 Å². The average molecular weight is 426 g/mol. The second kappa shape index (κ2) is 10.9. The highest BCUT2D eigenvalue weighted by atomic mass is 32.1. The van der Waals surface area contributed by atoms with Gasteiger partial charge in [0.1, 0.15) is 17.4 Å². The number of nitrogens with one attached hydrogen (secondary N) is 2. The molecule has 0 fully saturated rings. The lowest BCUT2D eigenvalue weighted by molar-refractivity contribution is -0.118. The zero-order chi connectivity index (χ0) is 21.3. The summed E-state index contributed by atoms with van der Waals surface area (Å²) in [4.78, 5) is 13.3. The number of aromatic nitrogens is 1. The molecule has 0 bridgehead atoms. The third-order valence-corrected chi connectivity index (χ3v) is 5.07. The van der Waals surface area contributed by atoms with Gasteiger partial charge in [0, 0.05) is 23.3 Å². The second-order valence-electron chi connectivity index (χ2n) is 6.52. The lowest BCUT2D eigenvalue weighted by Crippen LogP contribution is -2.31. The van der Waals surface area contributed by atoms with Gasteiger partial charge in [0.2, 0.25) is 5.96 Å². The Kier molecular flexibility index (Phi) is 8.63. The van der Waals surface area contributed by atoms with E-state index in [4.69, 9.17) is 0 Å². The molecule has 5 nitrogen and oxygen atoms in total. The molecule has 1 unspecified atom stereocenters. The van der Waals surface area contributed by atoms with Crippen LogP contribution in [-0.2, 0) is 0 Å². The molecule has 158 valence electrons. The quantitative estimate of drug-likeness (QED) is 0.431. The van der Waals surface area contributed by atoms with Crippen LogP contribution in [0.4, 0.5) is 13.2 Å². The summed E-state index contributed by atoms with van der Waals surface area (Å²) >= 11 is 1.50. The monoisotopic (exact) mass is 425 g/mol. The molecule has 1 aromatic heterocycles. The molecule has 1 aliphatic rings. The fourth-order valence-corrected chi connectivity index (χ4v) is 3.55. The van der Waals surface area contributed by atoms with E-state index in [-0.39, 0.29) is 11.9 Å². The average Bonchev–Trinajstić information content (AvgIpc) is 3.06. The number of hydrogen-bond donors (Lipinski definition) is 2. The summed E-state index contributed by atoms with van der Waals surface area (Å²) < 4.78 is 37.8. The van der Waals surface area contributed by atoms with Gasteiger partial charge in [-0.3, -0.25) is 0 Å². The molecule has 2 heterocycles. The summed E-state index contributed by atoms with van der Waals surface area (Å²) in [6.07, 6.45) is 7.80. The Morgan fingerprint density at radius 1 is 1.38 bits per heavy atom. The van der Waals surface area contributed by atoms with E-state index in [1.807, 2.05) is 18.2 Å². The van der Waals surface area contributed by atoms with Crippen LogP contribution >= 0.6 is 11.3 Å². The maximum atomic E-state index is 12.6. The zero-order valence-corrected chi connectivity index (χ0v) is 17.4. The first-order valence-corrected chi connectivity index (χ1v) is 10.3. The van der Waals surface area contributed by atoms with Crippen molar-refractivity contribution in [3.8, 4) is 0 Å². The summed E-state index contributed by atoms with van der Waals surface area (Å²) in [6.45, 7) is 6.95. The smallest absolute Gasteiger partial charge is 0.372 e. The number of allylic oxidation sites excluding steroid dienone is 3. The van der Waals surface area contributed by atoms with Crippen LogP contribution < -0.4 is 10.6 Å². The molecule has 0 saturated heterocycles. The number of rotatable bonds is 9. The van der Waals surface area contributed by atoms with Crippen molar-refractivity contribution in [1.29, 1.82) is 0 Å². The van der Waals surface area contributed by atoms with Crippen LogP contribution in [0.2, 0.25) is 0 Å². The highest BCUT2D eigenvalue weighted by Gasteiger charge is 2.28. The second-order valence-corrected chi connectivity index (χ2v) is 7.61. The molecule has 2 N–H and O–H groups in total. The van der Waals surface area contributed by atoms with Crippen LogP contribution in [0.5, 0.6) is 0 Å². The molecular formula is C20H26F3N5S. The van der Waals surface area contributed by atoms with Gasteiger partial charge in [-0.2, -0.15) is 13.2 Å². The minimum atomic E-state index is -4.38. The van der Waals surface area contributed by atoms with Gasteiger partial charge in [-0.05, 0) is 25.5 Å². The number of aliphatic imine (C=N–C) groups is 2. The molecule has 0 saturated carbocycles. The summed E-state index contributed by atoms with van der Waals surface area (Å²) in [5, 5.41) is 6.96. The van der Waals surface area contributed by atoms with Crippen molar-refractivity contribution in [3.05, 3.63) is 46.7 Å². The van der Waals surface area contributed by atoms with Crippen molar-refractivity contribution in [1.82, 2.24) is 15.6 Å². The highest BCUT2D eigenvalue weighted by Crippen LogP contribution is 2.27. The maximum absolute atomic E-state index is 12.6. The summed E-state index contributed by atoms with van der Waals surface area (Å²) in [6, 6.07) is 0. The standard InChI is InChI=1S/C20H26F3N5S/c1-4-6-8-10-24-17-11-16(18-25-12-15(29-18)9-7-5-2)14(3)27-19(28-17)26-13-20(21,22)23/h5,7,9,11-12,16,24H,2,4,6,8,10,13H2,1,3H3,(H,26,28)/b9-7-. The van der Waals surface area contributed by atoms with E-state index in [2.05, 4.69) is 39.1 Å². The molecular weight excluding hydrogens is 399 g/mol. The third kappa shape index (κ3) is 7.84. The molecule has 0 aromatic carbocycles. The molecule has 0 spiro atoms. The van der Waals surface area contributed by atoms with E-state index in [0.717, 1.165) is 29.1 Å². The molecule has 2 rings (SSSR count). The fraction of sp³-hybridized carbons (Fsp3) is 0.450. The van der Waals surface area contributed by atoms with Gasteiger partial charge in [0.05, 0.1) is 5.92 Å². The lowest BCUT2D eigenvalue weighted by atomic mass is 10.1. The minimum absolute atomic E-state index is 0.0556. The normalized spacial score (nSPS) is 18.9. The Hall–Kier alpha value is -2.42. The van der Waals surface area contributed by atoms with Gasteiger partial charge < -0.3 is 10.6 Å². The summed E-state index contributed by atoms with van der Waals surface area (Å²) in [5.74, 6) is 0.275. The molecule has 29 heavy (non-hydrogen) atoms. The van der Waals surface area contributed by atoms with Gasteiger partial charge in [0.25, 0.3) is 0 Å². The first-order chi connectivity index (χ1) is 13.8. The van der Waals surface area contributed by atoms with Gasteiger partial charge >= 0.3 is 6.18 Å². The molecule has 9 heteroatoms. The van der Waals surface area contributed by atoms with Gasteiger partial charge in [-0.1, -0.05) is 38.5 Å². The van der Waals surface area contributed by atoms with E-state index in [1.54, 1.807) is 19.2 Å². The third-order valence-electron chi connectivity index (χ3n) is 4.02. The first kappa shape index (κ1) is 22.9. The van der Waals surface area contributed by atoms with E-state index in [1.165, 1.54) is 11.3 Å². The predicted molar refractivity (Wildman–Crippen MR) is 114 cm³/mol. The van der Waals surface area contributed by atoms with Crippen LogP contribution in [0.25, 0.3) is 6.08 Å². The molecule has 0 aliphatic carbocycles. The molecule has 0 radical (unpaired) electrons. The van der Waals surface area contributed by atoms with Crippen LogP contribution in [0.1, 0.15) is 48.9 Å². The first-order valence-electron chi connectivity index (χ1n) is 9.46. The van der Waals surface area contributed by atoms with Crippen molar-refractivity contribution in [2.24, 2.45) is 9.98 Å². The van der Waals surface area contributed by atoms with Crippen LogP contribution in [0.15, 0.2) is 46.8 Å². The zero-order valence-electron chi connectivity index (χ0n) is 16.6. The van der Waals surface area contributed by atoms with E-state index >= 15 is 0 Å². The van der Waals surface area contributed by atoms with Gasteiger partial charge in [-0.15, -0.1) is 11.3 Å². The van der Waals surface area contributed by atoms with Crippen molar-refractivity contribution in [2.45, 2.75) is 45.2 Å². The Morgan fingerprint density at radius 2 is 2.17 bits per heavy atom. The Morgan fingerprint density at radius 3 is 2.86 bits per heavy atom. The number of hydrogen-bond acceptors (Lipinski definition) is 4. The minimum Gasteiger partial charge on any atom is -0.372 e. The van der Waals surface area contributed by atoms with E-state index < -0.39 is 12.7 Å². The SMILES string of the molecule is C=C/C=C\c1cnc(C2C=C(NCCCCC)NC(=NCC(F)(F)F)N=C2C)s1. The Bertz CT molecular complexity index is 805. The van der Waals surface area contributed by atoms with Gasteiger partial charge in [0.15, 0.2) is 0 Å². The number of unbranched alkanes of at least 4 members (excludes halogenated alkanes) is 2.